The van der Waals surface area contributed by atoms with Crippen molar-refractivity contribution in [1.82, 2.24) is 20.4 Å². The SMILES string of the molecule is CC(C)(c1noc(C2CCCCC2)n1)N1CCNCC1. The maximum atomic E-state index is 5.58. The van der Waals surface area contributed by atoms with Crippen molar-refractivity contribution in [2.45, 2.75) is 57.4 Å². The molecule has 2 aliphatic rings. The normalized spacial score (nSPS) is 23.1. The summed E-state index contributed by atoms with van der Waals surface area (Å²) < 4.78 is 5.58. The monoisotopic (exact) mass is 278 g/mol. The molecule has 0 aromatic carbocycles. The van der Waals surface area contributed by atoms with Crippen LogP contribution in [0.25, 0.3) is 0 Å². The van der Waals surface area contributed by atoms with Gasteiger partial charge in [-0.2, -0.15) is 4.98 Å². The van der Waals surface area contributed by atoms with Crippen molar-refractivity contribution in [2.75, 3.05) is 26.2 Å². The molecule has 0 radical (unpaired) electrons. The predicted octanol–water partition coefficient (Wildman–Crippen LogP) is 2.26. The van der Waals surface area contributed by atoms with E-state index in [1.165, 1.54) is 32.1 Å². The van der Waals surface area contributed by atoms with E-state index in [0.29, 0.717) is 5.92 Å². The zero-order chi connectivity index (χ0) is 14.0. The first kappa shape index (κ1) is 14.0. The van der Waals surface area contributed by atoms with E-state index in [1.54, 1.807) is 0 Å². The van der Waals surface area contributed by atoms with Gasteiger partial charge in [-0.25, -0.2) is 0 Å². The van der Waals surface area contributed by atoms with Crippen molar-refractivity contribution in [3.8, 4) is 0 Å². The third kappa shape index (κ3) is 2.74. The molecule has 5 nitrogen and oxygen atoms in total. The van der Waals surface area contributed by atoms with Gasteiger partial charge in [0.1, 0.15) is 0 Å². The molecule has 1 aromatic rings. The summed E-state index contributed by atoms with van der Waals surface area (Å²) in [4.78, 5) is 7.18. The van der Waals surface area contributed by atoms with Gasteiger partial charge in [0.05, 0.1) is 5.54 Å². The van der Waals surface area contributed by atoms with Crippen LogP contribution in [0.3, 0.4) is 0 Å². The Balaban J connectivity index is 1.74. The molecule has 2 heterocycles. The van der Waals surface area contributed by atoms with E-state index < -0.39 is 0 Å². The maximum Gasteiger partial charge on any atom is 0.229 e. The van der Waals surface area contributed by atoms with Gasteiger partial charge in [0.25, 0.3) is 0 Å². The molecule has 1 saturated carbocycles. The Hall–Kier alpha value is -0.940. The minimum Gasteiger partial charge on any atom is -0.339 e. The van der Waals surface area contributed by atoms with Crippen LogP contribution in [0.15, 0.2) is 4.52 Å². The average molecular weight is 278 g/mol. The highest BCUT2D eigenvalue weighted by Crippen LogP contribution is 2.33. The third-order valence-electron chi connectivity index (χ3n) is 4.85. The van der Waals surface area contributed by atoms with E-state index in [0.717, 1.165) is 37.9 Å². The minimum atomic E-state index is -0.140. The topological polar surface area (TPSA) is 54.2 Å². The fourth-order valence-electron chi connectivity index (χ4n) is 3.36. The van der Waals surface area contributed by atoms with Crippen molar-refractivity contribution in [2.24, 2.45) is 0 Å². The number of nitrogens with one attached hydrogen (secondary N) is 1. The molecule has 0 bridgehead atoms. The number of hydrogen-bond donors (Lipinski definition) is 1. The van der Waals surface area contributed by atoms with Gasteiger partial charge in [-0.15, -0.1) is 0 Å². The predicted molar refractivity (Wildman–Crippen MR) is 77.6 cm³/mol. The first-order valence-electron chi connectivity index (χ1n) is 7.98. The van der Waals surface area contributed by atoms with E-state index in [9.17, 15) is 0 Å². The van der Waals surface area contributed by atoms with Crippen molar-refractivity contribution >= 4 is 0 Å². The zero-order valence-electron chi connectivity index (χ0n) is 12.7. The van der Waals surface area contributed by atoms with Gasteiger partial charge in [-0.1, -0.05) is 24.4 Å². The molecule has 1 aromatic heterocycles. The van der Waals surface area contributed by atoms with Gasteiger partial charge in [0, 0.05) is 32.1 Å². The third-order valence-corrected chi connectivity index (χ3v) is 4.85. The van der Waals surface area contributed by atoms with Crippen LogP contribution in [0.2, 0.25) is 0 Å². The van der Waals surface area contributed by atoms with Crippen LogP contribution in [0.1, 0.15) is 63.6 Å². The van der Waals surface area contributed by atoms with Gasteiger partial charge in [0.2, 0.25) is 5.89 Å². The Morgan fingerprint density at radius 1 is 1.15 bits per heavy atom. The summed E-state index contributed by atoms with van der Waals surface area (Å²) in [5.74, 6) is 2.20. The Bertz CT molecular complexity index is 431. The van der Waals surface area contributed by atoms with Gasteiger partial charge in [-0.3, -0.25) is 4.90 Å². The average Bonchev–Trinajstić information content (AvgIpc) is 3.00. The molecule has 0 spiro atoms. The number of nitrogens with zero attached hydrogens (tertiary/aromatic N) is 3. The van der Waals surface area contributed by atoms with Crippen molar-refractivity contribution in [3.05, 3.63) is 11.7 Å². The van der Waals surface area contributed by atoms with Crippen LogP contribution >= 0.6 is 0 Å². The number of piperazine rings is 1. The van der Waals surface area contributed by atoms with Crippen LogP contribution in [0.4, 0.5) is 0 Å². The Morgan fingerprint density at radius 2 is 1.85 bits per heavy atom. The van der Waals surface area contributed by atoms with E-state index in [1.807, 2.05) is 0 Å². The minimum absolute atomic E-state index is 0.140. The molecule has 0 atom stereocenters. The first-order chi connectivity index (χ1) is 9.68. The van der Waals surface area contributed by atoms with Crippen molar-refractivity contribution in [3.63, 3.8) is 0 Å². The molecule has 1 N–H and O–H groups in total. The molecule has 1 aliphatic heterocycles. The lowest BCUT2D eigenvalue weighted by Gasteiger charge is -2.38. The van der Waals surface area contributed by atoms with Crippen LogP contribution in [-0.2, 0) is 5.54 Å². The second-order valence-electron chi connectivity index (χ2n) is 6.59. The summed E-state index contributed by atoms with van der Waals surface area (Å²) in [6, 6.07) is 0. The molecule has 0 unspecified atom stereocenters. The standard InChI is InChI=1S/C15H26N4O/c1-15(2,19-10-8-16-9-11-19)14-17-13(20-18-14)12-6-4-3-5-7-12/h12,16H,3-11H2,1-2H3. The molecule has 2 fully saturated rings. The smallest absolute Gasteiger partial charge is 0.229 e. The molecular weight excluding hydrogens is 252 g/mol. The number of rotatable bonds is 3. The summed E-state index contributed by atoms with van der Waals surface area (Å²) in [5, 5.41) is 7.68. The molecule has 5 heteroatoms. The highest BCUT2D eigenvalue weighted by molar-refractivity contribution is 5.05. The quantitative estimate of drug-likeness (QED) is 0.919. The Morgan fingerprint density at radius 3 is 2.55 bits per heavy atom. The number of aromatic nitrogens is 2. The number of hydrogen-bond acceptors (Lipinski definition) is 5. The largest absolute Gasteiger partial charge is 0.339 e. The van der Waals surface area contributed by atoms with E-state index >= 15 is 0 Å². The Labute approximate surface area is 121 Å². The van der Waals surface area contributed by atoms with E-state index in [4.69, 9.17) is 9.51 Å². The molecule has 0 amide bonds. The van der Waals surface area contributed by atoms with Gasteiger partial charge < -0.3 is 9.84 Å². The van der Waals surface area contributed by atoms with Crippen LogP contribution < -0.4 is 5.32 Å². The van der Waals surface area contributed by atoms with Crippen LogP contribution in [0.5, 0.6) is 0 Å². The second-order valence-corrected chi connectivity index (χ2v) is 6.59. The lowest BCUT2D eigenvalue weighted by atomic mass is 9.89. The van der Waals surface area contributed by atoms with E-state index in [-0.39, 0.29) is 5.54 Å². The van der Waals surface area contributed by atoms with Crippen molar-refractivity contribution in [1.29, 1.82) is 0 Å². The summed E-state index contributed by atoms with van der Waals surface area (Å²) in [5.41, 5.74) is -0.140. The van der Waals surface area contributed by atoms with Crippen LogP contribution in [0, 0.1) is 0 Å². The Kier molecular flexibility index (Phi) is 4.08. The van der Waals surface area contributed by atoms with E-state index in [2.05, 4.69) is 29.2 Å². The fourth-order valence-corrected chi connectivity index (χ4v) is 3.36. The highest BCUT2D eigenvalue weighted by Gasteiger charge is 2.35. The van der Waals surface area contributed by atoms with Gasteiger partial charge in [-0.05, 0) is 26.7 Å². The summed E-state index contributed by atoms with van der Waals surface area (Å²) in [6.07, 6.45) is 6.35. The zero-order valence-corrected chi connectivity index (χ0v) is 12.7. The van der Waals surface area contributed by atoms with Crippen molar-refractivity contribution < 1.29 is 4.52 Å². The van der Waals surface area contributed by atoms with Gasteiger partial charge in [0.15, 0.2) is 5.82 Å². The maximum absolute atomic E-state index is 5.58. The summed E-state index contributed by atoms with van der Waals surface area (Å²) >= 11 is 0. The highest BCUT2D eigenvalue weighted by atomic mass is 16.5. The molecular formula is C15H26N4O. The molecule has 3 rings (SSSR count). The first-order valence-corrected chi connectivity index (χ1v) is 7.98. The molecule has 20 heavy (non-hydrogen) atoms. The summed E-state index contributed by atoms with van der Waals surface area (Å²) in [7, 11) is 0. The molecule has 112 valence electrons. The summed E-state index contributed by atoms with van der Waals surface area (Å²) in [6.45, 7) is 8.57. The van der Waals surface area contributed by atoms with Crippen LogP contribution in [-0.4, -0.2) is 41.2 Å². The molecule has 1 aliphatic carbocycles. The molecule has 1 saturated heterocycles. The second kappa shape index (κ2) is 5.82. The lowest BCUT2D eigenvalue weighted by Crippen LogP contribution is -2.52. The fraction of sp³-hybridized carbons (Fsp3) is 0.867. The lowest BCUT2D eigenvalue weighted by molar-refractivity contribution is 0.0924. The van der Waals surface area contributed by atoms with Gasteiger partial charge >= 0.3 is 0 Å².